The molecule has 6 heteroatoms. The van der Waals surface area contributed by atoms with Crippen LogP contribution in [0, 0.1) is 17.5 Å². The summed E-state index contributed by atoms with van der Waals surface area (Å²) in [4.78, 5) is 0. The van der Waals surface area contributed by atoms with E-state index in [1.807, 2.05) is 6.92 Å². The van der Waals surface area contributed by atoms with E-state index in [4.69, 9.17) is 0 Å². The minimum absolute atomic E-state index is 0.0853. The first kappa shape index (κ1) is 13.6. The maximum absolute atomic E-state index is 13.5. The summed E-state index contributed by atoms with van der Waals surface area (Å²) in [6.45, 7) is 2.58. The van der Waals surface area contributed by atoms with Crippen LogP contribution in [0.25, 0.3) is 0 Å². The molecule has 1 aromatic carbocycles. The number of halogens is 3. The molecule has 1 heterocycles. The van der Waals surface area contributed by atoms with Gasteiger partial charge in [-0.15, -0.1) is 0 Å². The van der Waals surface area contributed by atoms with Crippen molar-refractivity contribution in [3.05, 3.63) is 53.1 Å². The van der Waals surface area contributed by atoms with Gasteiger partial charge in [0, 0.05) is 30.8 Å². The molecule has 1 atom stereocenters. The van der Waals surface area contributed by atoms with Crippen molar-refractivity contribution in [2.24, 2.45) is 0 Å². The zero-order chi connectivity index (χ0) is 14.0. The van der Waals surface area contributed by atoms with Crippen LogP contribution in [0.1, 0.15) is 24.2 Å². The van der Waals surface area contributed by atoms with Gasteiger partial charge in [-0.3, -0.25) is 4.68 Å². The number of rotatable bonds is 4. The van der Waals surface area contributed by atoms with Gasteiger partial charge in [0.2, 0.25) is 0 Å². The molecule has 0 aliphatic heterocycles. The molecule has 2 aromatic rings. The Kier molecular flexibility index (Phi) is 3.90. The van der Waals surface area contributed by atoms with Crippen LogP contribution in [0.5, 0.6) is 0 Å². The lowest BCUT2D eigenvalue weighted by Gasteiger charge is -2.11. The third-order valence-corrected chi connectivity index (χ3v) is 2.84. The van der Waals surface area contributed by atoms with Gasteiger partial charge in [0.1, 0.15) is 5.82 Å². The van der Waals surface area contributed by atoms with E-state index in [0.29, 0.717) is 24.2 Å². The molecule has 3 nitrogen and oxygen atoms in total. The average Bonchev–Trinajstić information content (AvgIpc) is 2.81. The summed E-state index contributed by atoms with van der Waals surface area (Å²) in [5.41, 5.74) is 0.432. The summed E-state index contributed by atoms with van der Waals surface area (Å²) in [7, 11) is 0. The number of aryl methyl sites for hydroxylation is 1. The third-order valence-electron chi connectivity index (χ3n) is 2.84. The summed E-state index contributed by atoms with van der Waals surface area (Å²) in [5, 5.41) is 13.9. The molecule has 0 bridgehead atoms. The number of aromatic nitrogens is 2. The fraction of sp³-hybridized carbons (Fsp3) is 0.308. The zero-order valence-corrected chi connectivity index (χ0v) is 10.3. The molecule has 0 fully saturated rings. The monoisotopic (exact) mass is 270 g/mol. The molecular formula is C13H13F3N2O. The summed E-state index contributed by atoms with van der Waals surface area (Å²) < 4.78 is 41.0. The van der Waals surface area contributed by atoms with Crippen molar-refractivity contribution in [2.45, 2.75) is 26.0 Å². The van der Waals surface area contributed by atoms with Gasteiger partial charge in [0.25, 0.3) is 0 Å². The van der Waals surface area contributed by atoms with Crippen LogP contribution in [0.2, 0.25) is 0 Å². The van der Waals surface area contributed by atoms with Gasteiger partial charge in [-0.1, -0.05) is 0 Å². The van der Waals surface area contributed by atoms with Crippen molar-refractivity contribution in [2.75, 3.05) is 0 Å². The highest BCUT2D eigenvalue weighted by atomic mass is 19.2. The van der Waals surface area contributed by atoms with Gasteiger partial charge in [-0.25, -0.2) is 13.2 Å². The van der Waals surface area contributed by atoms with Crippen molar-refractivity contribution in [1.82, 2.24) is 9.78 Å². The topological polar surface area (TPSA) is 38.0 Å². The number of benzene rings is 1. The van der Waals surface area contributed by atoms with Gasteiger partial charge in [0.05, 0.1) is 12.3 Å². The Morgan fingerprint density at radius 3 is 2.53 bits per heavy atom. The zero-order valence-electron chi connectivity index (χ0n) is 10.3. The fourth-order valence-corrected chi connectivity index (χ4v) is 1.81. The Labute approximate surface area is 108 Å². The quantitative estimate of drug-likeness (QED) is 0.867. The standard InChI is InChI=1S/C13H13F3N2O/c1-2-18-7-8(6-17-18)3-13(19)9-4-11(15)12(16)5-10(9)14/h4-7,13,19H,2-3H2,1H3. The molecule has 0 saturated heterocycles. The maximum Gasteiger partial charge on any atom is 0.161 e. The van der Waals surface area contributed by atoms with Crippen LogP contribution in [-0.4, -0.2) is 14.9 Å². The van der Waals surface area contributed by atoms with Gasteiger partial charge in [-0.2, -0.15) is 5.10 Å². The normalized spacial score (nSPS) is 12.7. The lowest BCUT2D eigenvalue weighted by atomic mass is 10.0. The smallest absolute Gasteiger partial charge is 0.161 e. The van der Waals surface area contributed by atoms with E-state index >= 15 is 0 Å². The number of aliphatic hydroxyl groups excluding tert-OH is 1. The molecule has 19 heavy (non-hydrogen) atoms. The Morgan fingerprint density at radius 2 is 1.89 bits per heavy atom. The van der Waals surface area contributed by atoms with E-state index in [2.05, 4.69) is 5.10 Å². The van der Waals surface area contributed by atoms with E-state index in [1.54, 1.807) is 17.1 Å². The van der Waals surface area contributed by atoms with E-state index in [9.17, 15) is 18.3 Å². The van der Waals surface area contributed by atoms with Crippen molar-refractivity contribution >= 4 is 0 Å². The Morgan fingerprint density at radius 1 is 1.21 bits per heavy atom. The molecule has 102 valence electrons. The highest BCUT2D eigenvalue weighted by Gasteiger charge is 2.17. The Balaban J connectivity index is 2.19. The van der Waals surface area contributed by atoms with Gasteiger partial charge in [-0.05, 0) is 18.6 Å². The summed E-state index contributed by atoms with van der Waals surface area (Å²) >= 11 is 0. The number of nitrogens with zero attached hydrogens (tertiary/aromatic N) is 2. The molecule has 0 saturated carbocycles. The molecule has 0 amide bonds. The summed E-state index contributed by atoms with van der Waals surface area (Å²) in [6.07, 6.45) is 2.10. The van der Waals surface area contributed by atoms with Crippen LogP contribution in [0.3, 0.4) is 0 Å². The minimum Gasteiger partial charge on any atom is -0.388 e. The summed E-state index contributed by atoms with van der Waals surface area (Å²) in [6, 6.07) is 1.11. The first-order chi connectivity index (χ1) is 9.01. The molecule has 2 rings (SSSR count). The van der Waals surface area contributed by atoms with Gasteiger partial charge in [0.15, 0.2) is 11.6 Å². The Bertz CT molecular complexity index is 583. The molecule has 0 spiro atoms. The van der Waals surface area contributed by atoms with Crippen molar-refractivity contribution < 1.29 is 18.3 Å². The van der Waals surface area contributed by atoms with E-state index in [-0.39, 0.29) is 12.0 Å². The number of hydrogen-bond donors (Lipinski definition) is 1. The third kappa shape index (κ3) is 2.96. The SMILES string of the molecule is CCn1cc(CC(O)c2cc(F)c(F)cc2F)cn1. The van der Waals surface area contributed by atoms with E-state index in [0.717, 1.165) is 0 Å². The second kappa shape index (κ2) is 5.44. The molecule has 1 N–H and O–H groups in total. The van der Waals surface area contributed by atoms with E-state index < -0.39 is 23.6 Å². The molecule has 0 aliphatic rings. The number of hydrogen-bond acceptors (Lipinski definition) is 2. The highest BCUT2D eigenvalue weighted by molar-refractivity contribution is 5.24. The molecule has 1 aromatic heterocycles. The molecule has 0 radical (unpaired) electrons. The van der Waals surface area contributed by atoms with Crippen molar-refractivity contribution in [3.8, 4) is 0 Å². The van der Waals surface area contributed by atoms with Crippen LogP contribution in [0.15, 0.2) is 24.5 Å². The van der Waals surface area contributed by atoms with Gasteiger partial charge < -0.3 is 5.11 Å². The first-order valence-electron chi connectivity index (χ1n) is 5.85. The summed E-state index contributed by atoms with van der Waals surface area (Å²) in [5.74, 6) is -3.42. The lowest BCUT2D eigenvalue weighted by Crippen LogP contribution is -2.06. The largest absolute Gasteiger partial charge is 0.388 e. The average molecular weight is 270 g/mol. The highest BCUT2D eigenvalue weighted by Crippen LogP contribution is 2.23. The molecule has 1 unspecified atom stereocenters. The fourth-order valence-electron chi connectivity index (χ4n) is 1.81. The second-order valence-electron chi connectivity index (χ2n) is 4.21. The van der Waals surface area contributed by atoms with Crippen LogP contribution >= 0.6 is 0 Å². The number of aliphatic hydroxyl groups is 1. The molecular weight excluding hydrogens is 257 g/mol. The predicted molar refractivity (Wildman–Crippen MR) is 62.9 cm³/mol. The lowest BCUT2D eigenvalue weighted by molar-refractivity contribution is 0.172. The van der Waals surface area contributed by atoms with Crippen molar-refractivity contribution in [3.63, 3.8) is 0 Å². The Hall–Kier alpha value is -1.82. The minimum atomic E-state index is -1.27. The van der Waals surface area contributed by atoms with E-state index in [1.165, 1.54) is 0 Å². The predicted octanol–water partition coefficient (Wildman–Crippen LogP) is 2.60. The molecule has 0 aliphatic carbocycles. The first-order valence-corrected chi connectivity index (χ1v) is 5.85. The van der Waals surface area contributed by atoms with Crippen molar-refractivity contribution in [1.29, 1.82) is 0 Å². The second-order valence-corrected chi connectivity index (χ2v) is 4.21. The maximum atomic E-state index is 13.5. The van der Waals surface area contributed by atoms with Crippen LogP contribution < -0.4 is 0 Å². The van der Waals surface area contributed by atoms with Crippen LogP contribution in [0.4, 0.5) is 13.2 Å². The van der Waals surface area contributed by atoms with Crippen LogP contribution in [-0.2, 0) is 13.0 Å². The van der Waals surface area contributed by atoms with Gasteiger partial charge >= 0.3 is 0 Å².